The number of nitrogens with zero attached hydrogens (tertiary/aromatic N) is 1. The third-order valence-corrected chi connectivity index (χ3v) is 2.74. The molecule has 0 aromatic heterocycles. The van der Waals surface area contributed by atoms with E-state index >= 15 is 0 Å². The highest BCUT2D eigenvalue weighted by Crippen LogP contribution is 2.42. The Morgan fingerprint density at radius 2 is 1.89 bits per heavy atom. The number of likely N-dealkylation sites (tertiary alicyclic amines) is 1. The van der Waals surface area contributed by atoms with Gasteiger partial charge in [-0.15, -0.1) is 0 Å². The van der Waals surface area contributed by atoms with Gasteiger partial charge in [0.05, 0.1) is 12.6 Å². The summed E-state index contributed by atoms with van der Waals surface area (Å²) >= 11 is 0. The zero-order valence-corrected chi connectivity index (χ0v) is 9.05. The first-order valence-electron chi connectivity index (χ1n) is 5.11. The number of aliphatic hydroxyl groups excluding tert-OH is 1. The summed E-state index contributed by atoms with van der Waals surface area (Å²) in [5, 5.41) is 8.57. The van der Waals surface area contributed by atoms with Crippen molar-refractivity contribution in [2.75, 3.05) is 13.2 Å². The van der Waals surface area contributed by atoms with E-state index < -0.39 is 49.8 Å². The fourth-order valence-corrected chi connectivity index (χ4v) is 1.91. The van der Waals surface area contributed by atoms with Crippen molar-refractivity contribution < 1.29 is 36.2 Å². The van der Waals surface area contributed by atoms with E-state index in [4.69, 9.17) is 5.11 Å². The first-order chi connectivity index (χ1) is 8.12. The highest BCUT2D eigenvalue weighted by Gasteiger charge is 2.63. The van der Waals surface area contributed by atoms with Crippen LogP contribution in [0.2, 0.25) is 0 Å². The highest BCUT2D eigenvalue weighted by atomic mass is 19.4. The third kappa shape index (κ3) is 2.70. The molecule has 1 amide bonds. The molecule has 18 heavy (non-hydrogen) atoms. The molecular formula is C9H11F6NO2. The predicted molar refractivity (Wildman–Crippen MR) is 47.7 cm³/mol. The maximum absolute atomic E-state index is 13.4. The summed E-state index contributed by atoms with van der Waals surface area (Å²) in [6, 6.07) is -2.17. The molecule has 1 rings (SSSR count). The number of hydrogen-bond donors (Lipinski definition) is 1. The Morgan fingerprint density at radius 3 is 2.33 bits per heavy atom. The average Bonchev–Trinajstić information content (AvgIpc) is 2.59. The molecular weight excluding hydrogens is 268 g/mol. The number of carbonyl (C=O) groups is 1. The van der Waals surface area contributed by atoms with E-state index in [1.54, 1.807) is 0 Å². The van der Waals surface area contributed by atoms with Crippen molar-refractivity contribution in [2.45, 2.75) is 37.2 Å². The van der Waals surface area contributed by atoms with Crippen molar-refractivity contribution in [3.05, 3.63) is 0 Å². The maximum Gasteiger partial charge on any atom is 0.425 e. The van der Waals surface area contributed by atoms with E-state index in [2.05, 4.69) is 0 Å². The van der Waals surface area contributed by atoms with Crippen molar-refractivity contribution in [3.8, 4) is 0 Å². The molecule has 1 N–H and O–H groups in total. The minimum absolute atomic E-state index is 0.384. The Kier molecular flexibility index (Phi) is 4.14. The van der Waals surface area contributed by atoms with Gasteiger partial charge in [-0.3, -0.25) is 4.79 Å². The lowest BCUT2D eigenvalue weighted by Crippen LogP contribution is -2.55. The van der Waals surface area contributed by atoms with Crippen LogP contribution in [0.25, 0.3) is 0 Å². The number of hydrogen-bond acceptors (Lipinski definition) is 2. The van der Waals surface area contributed by atoms with Crippen LogP contribution < -0.4 is 0 Å². The lowest BCUT2D eigenvalue weighted by Gasteiger charge is -2.33. The normalized spacial score (nSPS) is 23.6. The van der Waals surface area contributed by atoms with Crippen LogP contribution in [0, 0.1) is 0 Å². The van der Waals surface area contributed by atoms with Gasteiger partial charge in [-0.1, -0.05) is 0 Å². The Morgan fingerprint density at radius 1 is 1.33 bits per heavy atom. The molecule has 0 bridgehead atoms. The molecule has 3 nitrogen and oxygen atoms in total. The zero-order chi connectivity index (χ0) is 14.1. The van der Waals surface area contributed by atoms with Crippen molar-refractivity contribution in [3.63, 3.8) is 0 Å². The van der Waals surface area contributed by atoms with Gasteiger partial charge in [-0.25, -0.2) is 13.2 Å². The van der Waals surface area contributed by atoms with Gasteiger partial charge in [0.1, 0.15) is 0 Å². The van der Waals surface area contributed by atoms with Gasteiger partial charge in [0.2, 0.25) is 5.91 Å². The Labute approximate surface area is 98.4 Å². The molecule has 2 atom stereocenters. The zero-order valence-electron chi connectivity index (χ0n) is 9.05. The highest BCUT2D eigenvalue weighted by molar-refractivity contribution is 5.79. The monoisotopic (exact) mass is 279 g/mol. The quantitative estimate of drug-likeness (QED) is 0.792. The molecule has 1 saturated heterocycles. The van der Waals surface area contributed by atoms with Crippen molar-refractivity contribution in [2.24, 2.45) is 0 Å². The predicted octanol–water partition coefficient (Wildman–Crippen LogP) is 1.51. The molecule has 1 aliphatic rings. The smallest absolute Gasteiger partial charge is 0.395 e. The van der Waals surface area contributed by atoms with Crippen LogP contribution in [0.4, 0.5) is 26.3 Å². The fraction of sp³-hybridized carbons (Fsp3) is 0.889. The van der Waals surface area contributed by atoms with Gasteiger partial charge in [0.25, 0.3) is 6.17 Å². The van der Waals surface area contributed by atoms with Crippen LogP contribution in [0.15, 0.2) is 0 Å². The Bertz CT molecular complexity index is 319. The molecule has 0 spiro atoms. The van der Waals surface area contributed by atoms with Gasteiger partial charge < -0.3 is 10.0 Å². The Hall–Kier alpha value is -0.990. The summed E-state index contributed by atoms with van der Waals surface area (Å²) in [7, 11) is 0. The number of alkyl halides is 6. The molecule has 0 radical (unpaired) electrons. The summed E-state index contributed by atoms with van der Waals surface area (Å²) in [5.41, 5.74) is 0. The topological polar surface area (TPSA) is 40.5 Å². The van der Waals surface area contributed by atoms with Gasteiger partial charge in [-0.2, -0.15) is 13.2 Å². The number of β-amino-alcohol motifs (C(OH)–C–C–N with tert-alkyl or cyclic N) is 1. The van der Waals surface area contributed by atoms with Gasteiger partial charge in [0.15, 0.2) is 0 Å². The first-order valence-corrected chi connectivity index (χ1v) is 5.11. The molecule has 9 heteroatoms. The minimum atomic E-state index is -5.69. The molecule has 0 saturated carbocycles. The number of aliphatic hydroxyl groups is 1. The first kappa shape index (κ1) is 15.1. The van der Waals surface area contributed by atoms with Crippen molar-refractivity contribution in [1.82, 2.24) is 4.90 Å². The van der Waals surface area contributed by atoms with Gasteiger partial charge in [0, 0.05) is 13.0 Å². The van der Waals surface area contributed by atoms with Crippen LogP contribution in [0.5, 0.6) is 0 Å². The number of halogens is 6. The van der Waals surface area contributed by atoms with Crippen LogP contribution in [-0.2, 0) is 4.79 Å². The molecule has 2 unspecified atom stereocenters. The summed E-state index contributed by atoms with van der Waals surface area (Å²) in [5.74, 6) is -5.54. The second-order valence-electron chi connectivity index (χ2n) is 3.94. The molecule has 1 fully saturated rings. The van der Waals surface area contributed by atoms with E-state index in [1.807, 2.05) is 0 Å². The molecule has 0 aromatic rings. The van der Waals surface area contributed by atoms with Crippen molar-refractivity contribution >= 4 is 5.91 Å². The molecule has 1 heterocycles. The summed E-state index contributed by atoms with van der Waals surface area (Å²) in [6.45, 7) is -1.22. The number of carbonyl (C=O) groups excluding carboxylic acids is 1. The standard InChI is InChI=1S/C9H11F6NO2/c10-7(9(13,14)15)8(11,12)5-1-2-6(18)16(5)3-4-17/h5,7,17H,1-4H2. The van der Waals surface area contributed by atoms with Gasteiger partial charge >= 0.3 is 12.1 Å². The van der Waals surface area contributed by atoms with E-state index in [-0.39, 0.29) is 6.42 Å². The average molecular weight is 279 g/mol. The number of rotatable bonds is 4. The molecule has 106 valence electrons. The summed E-state index contributed by atoms with van der Waals surface area (Å²) in [4.78, 5) is 11.6. The summed E-state index contributed by atoms with van der Waals surface area (Å²) < 4.78 is 75.6. The molecule has 0 aliphatic carbocycles. The van der Waals surface area contributed by atoms with Crippen LogP contribution in [0.3, 0.4) is 0 Å². The van der Waals surface area contributed by atoms with E-state index in [9.17, 15) is 31.1 Å². The van der Waals surface area contributed by atoms with E-state index in [1.165, 1.54) is 0 Å². The van der Waals surface area contributed by atoms with Crippen LogP contribution >= 0.6 is 0 Å². The van der Waals surface area contributed by atoms with Crippen molar-refractivity contribution in [1.29, 1.82) is 0 Å². The van der Waals surface area contributed by atoms with E-state index in [0.717, 1.165) is 0 Å². The summed E-state index contributed by atoms with van der Waals surface area (Å²) in [6.07, 6.45) is -11.0. The molecule has 0 aromatic carbocycles. The second-order valence-corrected chi connectivity index (χ2v) is 3.94. The maximum atomic E-state index is 13.4. The third-order valence-electron chi connectivity index (χ3n) is 2.74. The minimum Gasteiger partial charge on any atom is -0.395 e. The SMILES string of the molecule is O=C1CCC(C(F)(F)C(F)C(F)(F)F)N1CCO. The Balaban J connectivity index is 2.93. The number of amides is 1. The largest absolute Gasteiger partial charge is 0.425 e. The molecule has 1 aliphatic heterocycles. The second kappa shape index (κ2) is 4.94. The van der Waals surface area contributed by atoms with E-state index in [0.29, 0.717) is 4.90 Å². The van der Waals surface area contributed by atoms with Crippen LogP contribution in [-0.4, -0.2) is 53.4 Å². The van der Waals surface area contributed by atoms with Gasteiger partial charge in [-0.05, 0) is 6.42 Å². The lowest BCUT2D eigenvalue weighted by molar-refractivity contribution is -0.257. The lowest BCUT2D eigenvalue weighted by atomic mass is 10.0. The van der Waals surface area contributed by atoms with Crippen LogP contribution in [0.1, 0.15) is 12.8 Å². The fourth-order valence-electron chi connectivity index (χ4n) is 1.91.